The summed E-state index contributed by atoms with van der Waals surface area (Å²) in [6, 6.07) is 15.7. The van der Waals surface area contributed by atoms with Crippen LogP contribution >= 0.6 is 0 Å². The highest BCUT2D eigenvalue weighted by Crippen LogP contribution is 2.13. The Balaban J connectivity index is 1.57. The molecule has 0 saturated carbocycles. The summed E-state index contributed by atoms with van der Waals surface area (Å²) in [5, 5.41) is 2.76. The Hall–Kier alpha value is -2.69. The molecule has 0 aromatic heterocycles. The van der Waals surface area contributed by atoms with Crippen LogP contribution in [0.5, 0.6) is 11.5 Å². The van der Waals surface area contributed by atoms with Crippen LogP contribution < -0.4 is 14.8 Å². The van der Waals surface area contributed by atoms with E-state index in [1.807, 2.05) is 48.5 Å². The second-order valence-corrected chi connectivity index (χ2v) is 5.61. The first kappa shape index (κ1) is 18.6. The number of benzene rings is 2. The maximum Gasteiger partial charge on any atom is 0.407 e. The van der Waals surface area contributed by atoms with Gasteiger partial charge in [0.2, 0.25) is 0 Å². The molecule has 0 saturated heterocycles. The number of rotatable bonds is 9. The molecule has 1 N–H and O–H groups in total. The van der Waals surface area contributed by atoms with Crippen LogP contribution in [0.3, 0.4) is 0 Å². The zero-order valence-electron chi connectivity index (χ0n) is 14.8. The van der Waals surface area contributed by atoms with Crippen LogP contribution in [0.25, 0.3) is 0 Å². The third kappa shape index (κ3) is 6.75. The number of hydrogen-bond donors (Lipinski definition) is 1. The van der Waals surface area contributed by atoms with E-state index in [-0.39, 0.29) is 6.09 Å². The number of hydrogen-bond acceptors (Lipinski definition) is 4. The summed E-state index contributed by atoms with van der Waals surface area (Å²) in [6.45, 7) is 0.948. The summed E-state index contributed by atoms with van der Waals surface area (Å²) >= 11 is 0. The Bertz CT molecular complexity index is 638. The van der Waals surface area contributed by atoms with Crippen molar-refractivity contribution in [3.05, 3.63) is 59.7 Å². The number of aryl methyl sites for hydroxylation is 1. The molecule has 0 fully saturated rings. The predicted octanol–water partition coefficient (Wildman–Crippen LogP) is 3.61. The lowest BCUT2D eigenvalue weighted by atomic mass is 10.1. The molecule has 0 aliphatic rings. The second kappa shape index (κ2) is 10.2. The Morgan fingerprint density at radius 2 is 1.36 bits per heavy atom. The highest BCUT2D eigenvalue weighted by molar-refractivity contribution is 5.67. The van der Waals surface area contributed by atoms with Crippen LogP contribution in [0.1, 0.15) is 17.5 Å². The monoisotopic (exact) mass is 343 g/mol. The van der Waals surface area contributed by atoms with Crippen LogP contribution in [0.15, 0.2) is 48.5 Å². The Morgan fingerprint density at radius 3 is 1.88 bits per heavy atom. The van der Waals surface area contributed by atoms with Gasteiger partial charge in [-0.1, -0.05) is 24.3 Å². The van der Waals surface area contributed by atoms with Gasteiger partial charge < -0.3 is 19.5 Å². The van der Waals surface area contributed by atoms with Crippen LogP contribution in [-0.2, 0) is 17.6 Å². The van der Waals surface area contributed by atoms with E-state index in [1.165, 1.54) is 5.56 Å². The largest absolute Gasteiger partial charge is 0.497 e. The summed E-state index contributed by atoms with van der Waals surface area (Å²) in [7, 11) is 3.29. The van der Waals surface area contributed by atoms with E-state index in [0.717, 1.165) is 36.3 Å². The van der Waals surface area contributed by atoms with Crippen molar-refractivity contribution in [1.29, 1.82) is 0 Å². The Morgan fingerprint density at radius 1 is 0.840 bits per heavy atom. The van der Waals surface area contributed by atoms with Crippen LogP contribution in [0.4, 0.5) is 4.79 Å². The van der Waals surface area contributed by atoms with Crippen molar-refractivity contribution >= 4 is 6.09 Å². The summed E-state index contributed by atoms with van der Waals surface area (Å²) in [5.74, 6) is 1.67. The van der Waals surface area contributed by atoms with Gasteiger partial charge >= 0.3 is 6.09 Å². The van der Waals surface area contributed by atoms with Crippen LogP contribution in [0.2, 0.25) is 0 Å². The second-order valence-electron chi connectivity index (χ2n) is 5.61. The number of ether oxygens (including phenoxy) is 3. The molecule has 1 amide bonds. The highest BCUT2D eigenvalue weighted by Gasteiger charge is 2.02. The average Bonchev–Trinajstić information content (AvgIpc) is 2.66. The normalized spacial score (nSPS) is 10.2. The molecule has 5 heteroatoms. The highest BCUT2D eigenvalue weighted by atomic mass is 16.5. The van der Waals surface area contributed by atoms with Gasteiger partial charge in [-0.25, -0.2) is 4.79 Å². The smallest absolute Gasteiger partial charge is 0.407 e. The first-order valence-electron chi connectivity index (χ1n) is 8.38. The fraction of sp³-hybridized carbons (Fsp3) is 0.350. The van der Waals surface area contributed by atoms with Crippen molar-refractivity contribution in [2.45, 2.75) is 19.3 Å². The van der Waals surface area contributed by atoms with Gasteiger partial charge in [-0.05, 0) is 54.7 Å². The SMILES string of the molecule is COc1ccc(CCCOC(=O)NCCc2ccc(OC)cc2)cc1. The van der Waals surface area contributed by atoms with Crippen LogP contribution in [0, 0.1) is 0 Å². The molecule has 25 heavy (non-hydrogen) atoms. The standard InChI is InChI=1S/C20H25NO4/c1-23-18-9-5-16(6-10-18)4-3-15-25-20(22)21-14-13-17-7-11-19(24-2)12-8-17/h5-12H,3-4,13-15H2,1-2H3,(H,21,22). The molecule has 134 valence electrons. The van der Waals surface area contributed by atoms with Gasteiger partial charge in [0.05, 0.1) is 20.8 Å². The first-order chi connectivity index (χ1) is 12.2. The quantitative estimate of drug-likeness (QED) is 0.707. The summed E-state index contributed by atoms with van der Waals surface area (Å²) in [5.41, 5.74) is 2.34. The molecule has 0 atom stereocenters. The van der Waals surface area contributed by atoms with E-state index in [1.54, 1.807) is 14.2 Å². The molecule has 2 aromatic rings. The van der Waals surface area contributed by atoms with Crippen molar-refractivity contribution in [3.63, 3.8) is 0 Å². The Kier molecular flexibility index (Phi) is 7.63. The molecule has 0 aliphatic carbocycles. The zero-order chi connectivity index (χ0) is 17.9. The minimum absolute atomic E-state index is 0.372. The number of methoxy groups -OCH3 is 2. The molecular formula is C20H25NO4. The zero-order valence-corrected chi connectivity index (χ0v) is 14.8. The van der Waals surface area contributed by atoms with Gasteiger partial charge in [0.15, 0.2) is 0 Å². The van der Waals surface area contributed by atoms with Crippen molar-refractivity contribution in [2.75, 3.05) is 27.4 Å². The van der Waals surface area contributed by atoms with Crippen LogP contribution in [-0.4, -0.2) is 33.5 Å². The van der Waals surface area contributed by atoms with Gasteiger partial charge in [-0.15, -0.1) is 0 Å². The molecule has 2 rings (SSSR count). The molecule has 0 bridgehead atoms. The lowest BCUT2D eigenvalue weighted by Gasteiger charge is -2.08. The van der Waals surface area contributed by atoms with Gasteiger partial charge in [0, 0.05) is 6.54 Å². The number of carbonyl (C=O) groups excluding carboxylic acids is 1. The summed E-state index contributed by atoms with van der Waals surface area (Å²) < 4.78 is 15.4. The lowest BCUT2D eigenvalue weighted by Crippen LogP contribution is -2.26. The van der Waals surface area contributed by atoms with Gasteiger partial charge in [-0.3, -0.25) is 0 Å². The molecule has 5 nitrogen and oxygen atoms in total. The molecule has 2 aromatic carbocycles. The summed E-state index contributed by atoms with van der Waals surface area (Å²) in [6.07, 6.45) is 2.04. The van der Waals surface area contributed by atoms with Gasteiger partial charge in [0.1, 0.15) is 11.5 Å². The minimum atomic E-state index is -0.372. The van der Waals surface area contributed by atoms with E-state index < -0.39 is 0 Å². The molecule has 0 radical (unpaired) electrons. The van der Waals surface area contributed by atoms with E-state index >= 15 is 0 Å². The number of nitrogens with one attached hydrogen (secondary N) is 1. The first-order valence-corrected chi connectivity index (χ1v) is 8.38. The third-order valence-corrected chi connectivity index (χ3v) is 3.84. The topological polar surface area (TPSA) is 56.8 Å². The maximum atomic E-state index is 11.7. The van der Waals surface area contributed by atoms with Gasteiger partial charge in [0.25, 0.3) is 0 Å². The lowest BCUT2D eigenvalue weighted by molar-refractivity contribution is 0.145. The van der Waals surface area contributed by atoms with Crippen molar-refractivity contribution in [2.24, 2.45) is 0 Å². The predicted molar refractivity (Wildman–Crippen MR) is 97.4 cm³/mol. The van der Waals surface area contributed by atoms with E-state index in [0.29, 0.717) is 13.2 Å². The Labute approximate surface area is 148 Å². The number of alkyl carbamates (subject to hydrolysis) is 1. The minimum Gasteiger partial charge on any atom is -0.497 e. The summed E-state index contributed by atoms with van der Waals surface area (Å²) in [4.78, 5) is 11.7. The van der Waals surface area contributed by atoms with E-state index in [9.17, 15) is 4.79 Å². The maximum absolute atomic E-state index is 11.7. The third-order valence-electron chi connectivity index (χ3n) is 3.84. The fourth-order valence-electron chi connectivity index (χ4n) is 2.39. The van der Waals surface area contributed by atoms with Crippen molar-refractivity contribution in [1.82, 2.24) is 5.32 Å². The van der Waals surface area contributed by atoms with Crippen molar-refractivity contribution < 1.29 is 19.0 Å². The van der Waals surface area contributed by atoms with E-state index in [4.69, 9.17) is 14.2 Å². The molecule has 0 aliphatic heterocycles. The molecular weight excluding hydrogens is 318 g/mol. The molecule has 0 heterocycles. The fourth-order valence-corrected chi connectivity index (χ4v) is 2.39. The van der Waals surface area contributed by atoms with Crippen molar-refractivity contribution in [3.8, 4) is 11.5 Å². The van der Waals surface area contributed by atoms with E-state index in [2.05, 4.69) is 5.32 Å². The average molecular weight is 343 g/mol. The molecule has 0 unspecified atom stereocenters. The number of amides is 1. The van der Waals surface area contributed by atoms with Gasteiger partial charge in [-0.2, -0.15) is 0 Å². The number of carbonyl (C=O) groups is 1. The molecule has 0 spiro atoms.